The topological polar surface area (TPSA) is 60.6 Å². The van der Waals surface area contributed by atoms with Gasteiger partial charge < -0.3 is 9.88 Å². The van der Waals surface area contributed by atoms with Crippen molar-refractivity contribution in [3.63, 3.8) is 0 Å². The summed E-state index contributed by atoms with van der Waals surface area (Å²) in [5, 5.41) is 10.8. The number of rotatable bonds is 4. The van der Waals surface area contributed by atoms with Gasteiger partial charge in [0.05, 0.1) is 18.4 Å². The number of aromatic nitrogens is 5. The van der Waals surface area contributed by atoms with Gasteiger partial charge in [-0.25, -0.2) is 4.98 Å². The molecule has 0 fully saturated rings. The Bertz CT molecular complexity index is 416. The Balaban J connectivity index is 1.86. The van der Waals surface area contributed by atoms with Crippen molar-refractivity contribution in [3.8, 4) is 0 Å². The van der Waals surface area contributed by atoms with E-state index in [2.05, 4.69) is 20.6 Å². The Hall–Kier alpha value is -1.85. The van der Waals surface area contributed by atoms with E-state index in [1.807, 2.05) is 30.9 Å². The van der Waals surface area contributed by atoms with Gasteiger partial charge in [0.1, 0.15) is 0 Å². The molecule has 2 aromatic rings. The van der Waals surface area contributed by atoms with Crippen LogP contribution in [0.2, 0.25) is 0 Å². The van der Waals surface area contributed by atoms with Crippen LogP contribution in [0.25, 0.3) is 0 Å². The molecule has 1 N–H and O–H groups in total. The van der Waals surface area contributed by atoms with E-state index in [1.165, 1.54) is 0 Å². The number of hydrogen-bond donors (Lipinski definition) is 1. The van der Waals surface area contributed by atoms with E-state index in [0.717, 1.165) is 24.7 Å². The zero-order chi connectivity index (χ0) is 10.7. The maximum atomic E-state index is 4.34. The van der Waals surface area contributed by atoms with E-state index in [0.29, 0.717) is 0 Å². The molecule has 0 unspecified atom stereocenters. The van der Waals surface area contributed by atoms with Gasteiger partial charge in [-0.1, -0.05) is 5.21 Å². The van der Waals surface area contributed by atoms with Crippen molar-refractivity contribution >= 4 is 5.95 Å². The smallest absolute Gasteiger partial charge is 0.202 e. The van der Waals surface area contributed by atoms with Gasteiger partial charge in [-0.2, -0.15) is 0 Å². The molecule has 0 aliphatic rings. The van der Waals surface area contributed by atoms with Gasteiger partial charge in [-0.05, 0) is 6.92 Å². The molecule has 0 atom stereocenters. The third kappa shape index (κ3) is 2.34. The lowest BCUT2D eigenvalue weighted by Crippen LogP contribution is -2.13. The van der Waals surface area contributed by atoms with Crippen LogP contribution in [0.1, 0.15) is 5.69 Å². The van der Waals surface area contributed by atoms with Crippen LogP contribution in [0.4, 0.5) is 5.95 Å². The molecule has 2 aromatic heterocycles. The zero-order valence-electron chi connectivity index (χ0n) is 8.88. The van der Waals surface area contributed by atoms with Crippen LogP contribution >= 0.6 is 0 Å². The summed E-state index contributed by atoms with van der Waals surface area (Å²) in [6.07, 6.45) is 5.49. The molecule has 0 aromatic carbocycles. The molecule has 0 amide bonds. The van der Waals surface area contributed by atoms with Gasteiger partial charge in [0.2, 0.25) is 5.95 Å². The van der Waals surface area contributed by atoms with E-state index in [4.69, 9.17) is 0 Å². The van der Waals surface area contributed by atoms with Crippen molar-refractivity contribution in [3.05, 3.63) is 24.3 Å². The Labute approximate surface area is 87.9 Å². The molecule has 0 aliphatic carbocycles. The van der Waals surface area contributed by atoms with Gasteiger partial charge in [-0.15, -0.1) is 5.10 Å². The molecule has 2 rings (SSSR count). The summed E-state index contributed by atoms with van der Waals surface area (Å²) in [5.74, 6) is 0.882. The lowest BCUT2D eigenvalue weighted by atomic mass is 10.6. The second-order valence-corrected chi connectivity index (χ2v) is 3.41. The summed E-state index contributed by atoms with van der Waals surface area (Å²) in [6.45, 7) is 3.54. The van der Waals surface area contributed by atoms with Crippen molar-refractivity contribution in [2.75, 3.05) is 11.9 Å². The van der Waals surface area contributed by atoms with E-state index in [9.17, 15) is 0 Å². The molecule has 6 heteroatoms. The fraction of sp³-hybridized carbons (Fsp3) is 0.444. The van der Waals surface area contributed by atoms with Gasteiger partial charge in [-0.3, -0.25) is 4.68 Å². The Kier molecular flexibility index (Phi) is 2.66. The standard InChI is InChI=1S/C9H14N6/c1-8-7-14(2)9(12-8)10-3-5-15-6-4-11-13-15/h4,6-7H,3,5H2,1-2H3,(H,10,12). The number of imidazole rings is 1. The SMILES string of the molecule is Cc1cn(C)c(NCCn2ccnn2)n1. The second-order valence-electron chi connectivity index (χ2n) is 3.41. The molecule has 0 spiro atoms. The lowest BCUT2D eigenvalue weighted by molar-refractivity contribution is 0.606. The van der Waals surface area contributed by atoms with Crippen molar-refractivity contribution in [2.24, 2.45) is 7.05 Å². The minimum Gasteiger partial charge on any atom is -0.354 e. The van der Waals surface area contributed by atoms with Crippen molar-refractivity contribution in [1.29, 1.82) is 0 Å². The van der Waals surface area contributed by atoms with Crippen LogP contribution in [-0.4, -0.2) is 31.1 Å². The number of anilines is 1. The molecule has 0 aliphatic heterocycles. The molecule has 15 heavy (non-hydrogen) atoms. The van der Waals surface area contributed by atoms with E-state index in [1.54, 1.807) is 10.9 Å². The average Bonchev–Trinajstić information content (AvgIpc) is 2.77. The largest absolute Gasteiger partial charge is 0.354 e. The number of nitrogens with zero attached hydrogens (tertiary/aromatic N) is 5. The first-order valence-corrected chi connectivity index (χ1v) is 4.83. The minimum atomic E-state index is 0.784. The zero-order valence-corrected chi connectivity index (χ0v) is 8.88. The predicted octanol–water partition coefficient (Wildman–Crippen LogP) is 0.432. The first-order valence-electron chi connectivity index (χ1n) is 4.83. The van der Waals surface area contributed by atoms with E-state index in [-0.39, 0.29) is 0 Å². The lowest BCUT2D eigenvalue weighted by Gasteiger charge is -2.04. The number of hydrogen-bond acceptors (Lipinski definition) is 4. The highest BCUT2D eigenvalue weighted by Gasteiger charge is 2.00. The first-order chi connectivity index (χ1) is 7.25. The second kappa shape index (κ2) is 4.12. The summed E-state index contributed by atoms with van der Waals surface area (Å²) in [6, 6.07) is 0. The van der Waals surface area contributed by atoms with Crippen LogP contribution in [-0.2, 0) is 13.6 Å². The highest BCUT2D eigenvalue weighted by atomic mass is 15.4. The summed E-state index contributed by atoms with van der Waals surface area (Å²) in [7, 11) is 1.97. The molecular weight excluding hydrogens is 192 g/mol. The fourth-order valence-corrected chi connectivity index (χ4v) is 1.41. The van der Waals surface area contributed by atoms with Crippen molar-refractivity contribution in [2.45, 2.75) is 13.5 Å². The Morgan fingerprint density at radius 2 is 2.33 bits per heavy atom. The molecule has 6 nitrogen and oxygen atoms in total. The van der Waals surface area contributed by atoms with Crippen molar-refractivity contribution in [1.82, 2.24) is 24.5 Å². The van der Waals surface area contributed by atoms with Crippen LogP contribution < -0.4 is 5.32 Å². The average molecular weight is 206 g/mol. The number of nitrogens with one attached hydrogen (secondary N) is 1. The third-order valence-electron chi connectivity index (χ3n) is 2.09. The molecule has 0 radical (unpaired) electrons. The molecule has 80 valence electrons. The summed E-state index contributed by atoms with van der Waals surface area (Å²) in [4.78, 5) is 4.34. The third-order valence-corrected chi connectivity index (χ3v) is 2.09. The number of aryl methyl sites for hydroxylation is 2. The van der Waals surface area contributed by atoms with Gasteiger partial charge in [0, 0.05) is 26.0 Å². The van der Waals surface area contributed by atoms with Crippen LogP contribution in [0.15, 0.2) is 18.6 Å². The van der Waals surface area contributed by atoms with Crippen LogP contribution in [0.3, 0.4) is 0 Å². The molecule has 0 saturated carbocycles. The quantitative estimate of drug-likeness (QED) is 0.788. The monoisotopic (exact) mass is 206 g/mol. The van der Waals surface area contributed by atoms with Gasteiger partial charge in [0.25, 0.3) is 0 Å². The summed E-state index contributed by atoms with van der Waals surface area (Å²) >= 11 is 0. The first kappa shape index (κ1) is 9.70. The van der Waals surface area contributed by atoms with Crippen LogP contribution in [0, 0.1) is 6.92 Å². The normalized spacial score (nSPS) is 10.5. The summed E-state index contributed by atoms with van der Waals surface area (Å²) in [5.41, 5.74) is 1.01. The fourth-order valence-electron chi connectivity index (χ4n) is 1.41. The maximum absolute atomic E-state index is 4.34. The molecular formula is C9H14N6. The van der Waals surface area contributed by atoms with Gasteiger partial charge >= 0.3 is 0 Å². The van der Waals surface area contributed by atoms with E-state index < -0.39 is 0 Å². The Morgan fingerprint density at radius 1 is 1.47 bits per heavy atom. The maximum Gasteiger partial charge on any atom is 0.202 e. The van der Waals surface area contributed by atoms with E-state index >= 15 is 0 Å². The van der Waals surface area contributed by atoms with Crippen molar-refractivity contribution < 1.29 is 0 Å². The molecule has 0 saturated heterocycles. The van der Waals surface area contributed by atoms with Gasteiger partial charge in [0.15, 0.2) is 0 Å². The van der Waals surface area contributed by atoms with Crippen LogP contribution in [0.5, 0.6) is 0 Å². The molecule has 2 heterocycles. The highest BCUT2D eigenvalue weighted by molar-refractivity contribution is 5.27. The minimum absolute atomic E-state index is 0.784. The Morgan fingerprint density at radius 3 is 2.93 bits per heavy atom. The predicted molar refractivity (Wildman–Crippen MR) is 56.5 cm³/mol. The summed E-state index contributed by atoms with van der Waals surface area (Å²) < 4.78 is 3.75. The highest BCUT2D eigenvalue weighted by Crippen LogP contribution is 2.04. The molecule has 0 bridgehead atoms.